The normalized spacial score (nSPS) is 9.87. The number of rotatable bonds is 9. The number of carbonyl (C=O) groups is 1. The Morgan fingerprint density at radius 1 is 0.967 bits per heavy atom. The van der Waals surface area contributed by atoms with Gasteiger partial charge < -0.3 is 24.4 Å². The largest absolute Gasteiger partial charge is 0.489 e. The monoisotopic (exact) mass is 420 g/mol. The number of hydrogen-bond acceptors (Lipinski definition) is 6. The zero-order chi connectivity index (χ0) is 22.8. The second kappa shape index (κ2) is 17.6. The molecule has 0 spiro atoms. The van der Waals surface area contributed by atoms with Crippen molar-refractivity contribution in [3.63, 3.8) is 0 Å². The Bertz CT molecular complexity index is 694. The van der Waals surface area contributed by atoms with Crippen molar-refractivity contribution >= 4 is 6.29 Å². The van der Waals surface area contributed by atoms with E-state index in [-0.39, 0.29) is 19.5 Å². The zero-order valence-corrected chi connectivity index (χ0v) is 18.8. The Balaban J connectivity index is 0.000000585. The molecule has 2 aromatic carbocycles. The van der Waals surface area contributed by atoms with Crippen molar-refractivity contribution in [2.45, 2.75) is 47.5 Å². The molecule has 168 valence electrons. The highest BCUT2D eigenvalue weighted by Crippen LogP contribution is 2.21. The quantitative estimate of drug-likeness (QED) is 0.470. The fourth-order valence-corrected chi connectivity index (χ4v) is 2.32. The summed E-state index contributed by atoms with van der Waals surface area (Å²) in [6.45, 7) is 11.5. The third kappa shape index (κ3) is 12.3. The number of aldehydes is 1. The molecule has 0 atom stereocenters. The first-order valence-electron chi connectivity index (χ1n) is 10.1. The molecule has 0 saturated carbocycles. The number of benzene rings is 2. The summed E-state index contributed by atoms with van der Waals surface area (Å²) in [6.07, 6.45) is 0.826. The van der Waals surface area contributed by atoms with E-state index < -0.39 is 0 Å². The molecule has 0 aliphatic carbocycles. The maximum Gasteiger partial charge on any atom is 0.154 e. The molecule has 0 amide bonds. The van der Waals surface area contributed by atoms with E-state index in [1.807, 2.05) is 65.0 Å². The van der Waals surface area contributed by atoms with Crippen molar-refractivity contribution in [2.24, 2.45) is 0 Å². The standard InChI is InChI=1S/C16H16O2.C6H14O2.C2H6O2/c1-12-7-8-13(2)16(9-12)18-11-15-6-4-3-5-14(15)10-17;1-4-7-6(3)8-5-2;3-1-2-4/h3-10H,11H2,1-2H3;6H,4-5H2,1-3H3;3-4H,1-2H2. The lowest BCUT2D eigenvalue weighted by Gasteiger charge is -2.11. The van der Waals surface area contributed by atoms with Gasteiger partial charge in [0, 0.05) is 18.8 Å². The minimum absolute atomic E-state index is 0.0370. The molecular formula is C24H36O6. The van der Waals surface area contributed by atoms with Gasteiger partial charge in [0.2, 0.25) is 0 Å². The molecular weight excluding hydrogens is 384 g/mol. The molecule has 6 heteroatoms. The molecule has 0 heterocycles. The lowest BCUT2D eigenvalue weighted by atomic mass is 10.1. The molecule has 2 N–H and O–H groups in total. The smallest absolute Gasteiger partial charge is 0.154 e. The molecule has 2 rings (SSSR count). The van der Waals surface area contributed by atoms with E-state index in [1.165, 1.54) is 5.56 Å². The fourth-order valence-electron chi connectivity index (χ4n) is 2.32. The zero-order valence-electron chi connectivity index (χ0n) is 18.8. The van der Waals surface area contributed by atoms with Crippen LogP contribution in [-0.4, -0.2) is 49.2 Å². The van der Waals surface area contributed by atoms with Crippen LogP contribution < -0.4 is 4.74 Å². The number of carbonyl (C=O) groups excluding carboxylic acids is 1. The third-order valence-electron chi connectivity index (χ3n) is 3.81. The van der Waals surface area contributed by atoms with Gasteiger partial charge in [-0.25, -0.2) is 0 Å². The molecule has 6 nitrogen and oxygen atoms in total. The molecule has 0 unspecified atom stereocenters. The molecule has 0 aliphatic rings. The summed E-state index contributed by atoms with van der Waals surface area (Å²) in [7, 11) is 0. The van der Waals surface area contributed by atoms with Crippen molar-refractivity contribution in [3.05, 3.63) is 64.7 Å². The van der Waals surface area contributed by atoms with Gasteiger partial charge in [-0.1, -0.05) is 36.4 Å². The molecule has 2 aromatic rings. The van der Waals surface area contributed by atoms with Gasteiger partial charge in [0.1, 0.15) is 18.6 Å². The van der Waals surface area contributed by atoms with Crippen molar-refractivity contribution < 1.29 is 29.2 Å². The van der Waals surface area contributed by atoms with Crippen molar-refractivity contribution in [1.29, 1.82) is 0 Å². The second-order valence-electron chi connectivity index (χ2n) is 6.30. The van der Waals surface area contributed by atoms with Crippen LogP contribution in [0.25, 0.3) is 0 Å². The minimum Gasteiger partial charge on any atom is -0.489 e. The summed E-state index contributed by atoms with van der Waals surface area (Å²) in [6, 6.07) is 13.6. The van der Waals surface area contributed by atoms with Gasteiger partial charge in [-0.3, -0.25) is 4.79 Å². The number of aryl methyl sites for hydroxylation is 2. The van der Waals surface area contributed by atoms with Crippen LogP contribution in [0, 0.1) is 13.8 Å². The van der Waals surface area contributed by atoms with Crippen LogP contribution in [-0.2, 0) is 16.1 Å². The Labute approximate surface area is 180 Å². The van der Waals surface area contributed by atoms with Gasteiger partial charge in [-0.2, -0.15) is 0 Å². The summed E-state index contributed by atoms with van der Waals surface area (Å²) in [4.78, 5) is 10.9. The van der Waals surface area contributed by atoms with Gasteiger partial charge in [0.25, 0.3) is 0 Å². The predicted octanol–water partition coefficient (Wildman–Crippen LogP) is 4.07. The van der Waals surface area contributed by atoms with Crippen LogP contribution in [0.5, 0.6) is 5.75 Å². The summed E-state index contributed by atoms with van der Waals surface area (Å²) in [5, 5.41) is 15.2. The van der Waals surface area contributed by atoms with Crippen LogP contribution in [0.1, 0.15) is 47.8 Å². The first-order valence-corrected chi connectivity index (χ1v) is 10.1. The maximum atomic E-state index is 10.9. The van der Waals surface area contributed by atoms with Crippen molar-refractivity contribution in [3.8, 4) is 5.75 Å². The molecule has 0 saturated heterocycles. The Morgan fingerprint density at radius 3 is 2.10 bits per heavy atom. The lowest BCUT2D eigenvalue weighted by Crippen LogP contribution is -2.11. The fraction of sp³-hybridized carbons (Fsp3) is 0.458. The first-order chi connectivity index (χ1) is 14.4. The molecule has 0 fully saturated rings. The molecule has 0 bridgehead atoms. The van der Waals surface area contributed by atoms with Gasteiger partial charge in [-0.15, -0.1) is 0 Å². The van der Waals surface area contributed by atoms with E-state index in [9.17, 15) is 4.79 Å². The highest BCUT2D eigenvalue weighted by Gasteiger charge is 2.04. The molecule has 0 radical (unpaired) electrons. The van der Waals surface area contributed by atoms with E-state index in [4.69, 9.17) is 24.4 Å². The van der Waals surface area contributed by atoms with E-state index in [1.54, 1.807) is 6.07 Å². The van der Waals surface area contributed by atoms with Gasteiger partial charge in [0.05, 0.1) is 13.2 Å². The van der Waals surface area contributed by atoms with Crippen LogP contribution in [0.4, 0.5) is 0 Å². The second-order valence-corrected chi connectivity index (χ2v) is 6.30. The van der Waals surface area contributed by atoms with Crippen LogP contribution in [0.2, 0.25) is 0 Å². The Kier molecular flexibility index (Phi) is 16.3. The van der Waals surface area contributed by atoms with Gasteiger partial charge in [0.15, 0.2) is 6.29 Å². The number of hydrogen-bond donors (Lipinski definition) is 2. The van der Waals surface area contributed by atoms with E-state index >= 15 is 0 Å². The number of aliphatic hydroxyl groups is 2. The topological polar surface area (TPSA) is 85.2 Å². The summed E-state index contributed by atoms with van der Waals surface area (Å²) in [5.74, 6) is 0.871. The first kappa shape index (κ1) is 27.8. The summed E-state index contributed by atoms with van der Waals surface area (Å²) < 4.78 is 15.9. The van der Waals surface area contributed by atoms with Crippen molar-refractivity contribution in [2.75, 3.05) is 26.4 Å². The third-order valence-corrected chi connectivity index (χ3v) is 3.81. The average Bonchev–Trinajstić information content (AvgIpc) is 2.75. The number of ether oxygens (including phenoxy) is 3. The average molecular weight is 421 g/mol. The van der Waals surface area contributed by atoms with E-state index in [2.05, 4.69) is 6.07 Å². The minimum atomic E-state index is -0.125. The Hall–Kier alpha value is -2.25. The molecule has 30 heavy (non-hydrogen) atoms. The van der Waals surface area contributed by atoms with E-state index in [0.29, 0.717) is 12.2 Å². The summed E-state index contributed by atoms with van der Waals surface area (Å²) in [5.41, 5.74) is 3.86. The Morgan fingerprint density at radius 2 is 1.57 bits per heavy atom. The van der Waals surface area contributed by atoms with Gasteiger partial charge in [-0.05, 0) is 57.4 Å². The molecule has 0 aliphatic heterocycles. The van der Waals surface area contributed by atoms with Crippen molar-refractivity contribution in [1.82, 2.24) is 0 Å². The maximum absolute atomic E-state index is 10.9. The SMILES string of the molecule is CCOC(C)OCC.Cc1ccc(C)c(OCc2ccccc2C=O)c1.OCCO. The van der Waals surface area contributed by atoms with Gasteiger partial charge >= 0.3 is 0 Å². The predicted molar refractivity (Wildman–Crippen MR) is 119 cm³/mol. The number of aliphatic hydroxyl groups excluding tert-OH is 2. The molecule has 0 aromatic heterocycles. The van der Waals surface area contributed by atoms with Crippen LogP contribution >= 0.6 is 0 Å². The highest BCUT2D eigenvalue weighted by atomic mass is 16.7. The van der Waals surface area contributed by atoms with E-state index in [0.717, 1.165) is 36.4 Å². The highest BCUT2D eigenvalue weighted by molar-refractivity contribution is 5.77. The van der Waals surface area contributed by atoms with Crippen LogP contribution in [0.3, 0.4) is 0 Å². The lowest BCUT2D eigenvalue weighted by molar-refractivity contribution is -0.123. The van der Waals surface area contributed by atoms with Crippen LogP contribution in [0.15, 0.2) is 42.5 Å². The summed E-state index contributed by atoms with van der Waals surface area (Å²) >= 11 is 0.